The van der Waals surface area contributed by atoms with Crippen LogP contribution in [0.1, 0.15) is 5.56 Å². The van der Waals surface area contributed by atoms with Crippen molar-refractivity contribution < 1.29 is 22.8 Å². The summed E-state index contributed by atoms with van der Waals surface area (Å²) < 4.78 is 51.0. The van der Waals surface area contributed by atoms with Crippen molar-refractivity contribution >= 4 is 40.0 Å². The summed E-state index contributed by atoms with van der Waals surface area (Å²) in [5, 5.41) is 11.0. The number of nitro groups is 1. The van der Waals surface area contributed by atoms with Gasteiger partial charge >= 0.3 is 11.9 Å². The van der Waals surface area contributed by atoms with Gasteiger partial charge in [-0.2, -0.15) is 21.9 Å². The average molecular weight is 376 g/mol. The molecule has 11 heteroatoms. The molecule has 0 aliphatic carbocycles. The molecular weight excluding hydrogens is 371 g/mol. The second-order valence-electron chi connectivity index (χ2n) is 4.55. The Kier molecular flexibility index (Phi) is 4.01. The van der Waals surface area contributed by atoms with E-state index in [0.29, 0.717) is 11.6 Å². The highest BCUT2D eigenvalue weighted by atomic mass is 35.5. The minimum atomic E-state index is -4.56. The molecule has 124 valence electrons. The van der Waals surface area contributed by atoms with E-state index in [1.165, 1.54) is 12.1 Å². The fraction of sp³-hybridized carbons (Fsp3) is 0.0769. The Morgan fingerprint density at radius 3 is 2.50 bits per heavy atom. The topological polar surface area (TPSA) is 78.2 Å². The van der Waals surface area contributed by atoms with Gasteiger partial charge < -0.3 is 4.74 Å². The van der Waals surface area contributed by atoms with Crippen molar-refractivity contribution in [3.05, 3.63) is 51.0 Å². The lowest BCUT2D eigenvalue weighted by Crippen LogP contribution is -2.04. The molecule has 0 saturated carbocycles. The predicted octanol–water partition coefficient (Wildman–Crippen LogP) is 5.06. The molecule has 0 aliphatic rings. The van der Waals surface area contributed by atoms with Crippen molar-refractivity contribution in [1.29, 1.82) is 0 Å². The Hall–Kier alpha value is -2.46. The highest BCUT2D eigenvalue weighted by molar-refractivity contribution is 7.00. The van der Waals surface area contributed by atoms with Crippen LogP contribution in [0.5, 0.6) is 11.5 Å². The molecule has 0 spiro atoms. The lowest BCUT2D eigenvalue weighted by atomic mass is 10.2. The molecule has 1 aromatic heterocycles. The first-order valence-corrected chi connectivity index (χ1v) is 7.32. The number of alkyl halides is 3. The van der Waals surface area contributed by atoms with Crippen molar-refractivity contribution in [2.75, 3.05) is 0 Å². The van der Waals surface area contributed by atoms with Crippen LogP contribution in [0.4, 0.5) is 18.9 Å². The number of hydrogen-bond acceptors (Lipinski definition) is 6. The largest absolute Gasteiger partial charge is 0.448 e. The maximum absolute atomic E-state index is 12.6. The first-order valence-electron chi connectivity index (χ1n) is 6.21. The molecule has 1 heterocycles. The van der Waals surface area contributed by atoms with E-state index >= 15 is 0 Å². The molecular formula is C13H5ClF3N3O3S. The van der Waals surface area contributed by atoms with Gasteiger partial charge in [0.1, 0.15) is 11.3 Å². The molecule has 0 amide bonds. The molecule has 0 unspecified atom stereocenters. The summed E-state index contributed by atoms with van der Waals surface area (Å²) in [7, 11) is 0. The minimum absolute atomic E-state index is 0.0329. The van der Waals surface area contributed by atoms with Gasteiger partial charge in [-0.05, 0) is 30.3 Å². The van der Waals surface area contributed by atoms with Crippen LogP contribution in [-0.4, -0.2) is 13.7 Å². The van der Waals surface area contributed by atoms with E-state index < -0.39 is 22.4 Å². The maximum atomic E-state index is 12.6. The molecule has 24 heavy (non-hydrogen) atoms. The van der Waals surface area contributed by atoms with E-state index in [1.807, 2.05) is 0 Å². The zero-order chi connectivity index (χ0) is 17.5. The number of nitrogens with zero attached hydrogens (tertiary/aromatic N) is 3. The van der Waals surface area contributed by atoms with Gasteiger partial charge in [-0.3, -0.25) is 10.1 Å². The van der Waals surface area contributed by atoms with Gasteiger partial charge in [-0.1, -0.05) is 11.6 Å². The summed E-state index contributed by atoms with van der Waals surface area (Å²) in [5.41, 5.74) is -1.03. The highest BCUT2D eigenvalue weighted by Crippen LogP contribution is 2.40. The third-order valence-electron chi connectivity index (χ3n) is 3.03. The average Bonchev–Trinajstić information content (AvgIpc) is 2.95. The standard InChI is InChI=1S/C13H5ClF3N3O3S/c14-7-5-6(13(15,16)17)1-3-9(7)23-10-4-2-8-11(19-24-18-8)12(10)20(21)22/h1-5H. The normalized spacial score (nSPS) is 11.7. The molecule has 3 aromatic rings. The van der Waals surface area contributed by atoms with Gasteiger partial charge in [0, 0.05) is 0 Å². The highest BCUT2D eigenvalue weighted by Gasteiger charge is 2.31. The quantitative estimate of drug-likeness (QED) is 0.472. The van der Waals surface area contributed by atoms with E-state index in [1.54, 1.807) is 0 Å². The van der Waals surface area contributed by atoms with Gasteiger partial charge in [0.15, 0.2) is 5.52 Å². The summed E-state index contributed by atoms with van der Waals surface area (Å²) in [5.74, 6) is -0.336. The van der Waals surface area contributed by atoms with Crippen molar-refractivity contribution in [2.24, 2.45) is 0 Å². The molecule has 6 nitrogen and oxygen atoms in total. The zero-order valence-corrected chi connectivity index (χ0v) is 12.9. The first-order chi connectivity index (χ1) is 11.3. The van der Waals surface area contributed by atoms with Crippen LogP contribution in [0, 0.1) is 10.1 Å². The molecule has 0 aliphatic heterocycles. The van der Waals surface area contributed by atoms with Gasteiger partial charge in [0.25, 0.3) is 0 Å². The van der Waals surface area contributed by atoms with Crippen molar-refractivity contribution in [1.82, 2.24) is 8.75 Å². The summed E-state index contributed by atoms with van der Waals surface area (Å²) in [6.07, 6.45) is -4.56. The molecule has 2 aromatic carbocycles. The number of rotatable bonds is 3. The number of nitro benzene ring substituents is 1. The Labute approximate surface area is 140 Å². The Morgan fingerprint density at radius 2 is 1.88 bits per heavy atom. The van der Waals surface area contributed by atoms with Crippen LogP contribution in [-0.2, 0) is 6.18 Å². The van der Waals surface area contributed by atoms with Crippen LogP contribution < -0.4 is 4.74 Å². The number of ether oxygens (including phenoxy) is 1. The van der Waals surface area contributed by atoms with Crippen molar-refractivity contribution in [2.45, 2.75) is 6.18 Å². The van der Waals surface area contributed by atoms with Crippen LogP contribution in [0.25, 0.3) is 11.0 Å². The molecule has 0 bridgehead atoms. The van der Waals surface area contributed by atoms with Crippen molar-refractivity contribution in [3.63, 3.8) is 0 Å². The van der Waals surface area contributed by atoms with Crippen LogP contribution >= 0.6 is 23.3 Å². The molecule has 3 rings (SSSR count). The Bertz CT molecular complexity index is 945. The lowest BCUT2D eigenvalue weighted by molar-refractivity contribution is -0.384. The molecule has 0 atom stereocenters. The van der Waals surface area contributed by atoms with Gasteiger partial charge in [-0.25, -0.2) is 0 Å². The number of hydrogen-bond donors (Lipinski definition) is 0. The predicted molar refractivity (Wildman–Crippen MR) is 80.6 cm³/mol. The summed E-state index contributed by atoms with van der Waals surface area (Å²) in [6.45, 7) is 0. The Balaban J connectivity index is 2.04. The molecule has 0 saturated heterocycles. The van der Waals surface area contributed by atoms with Crippen LogP contribution in [0.15, 0.2) is 30.3 Å². The summed E-state index contributed by atoms with van der Waals surface area (Å²) in [6, 6.07) is 5.20. The fourth-order valence-electron chi connectivity index (χ4n) is 1.96. The fourth-order valence-corrected chi connectivity index (χ4v) is 2.71. The van der Waals surface area contributed by atoms with E-state index in [2.05, 4.69) is 8.75 Å². The van der Waals surface area contributed by atoms with Crippen LogP contribution in [0.3, 0.4) is 0 Å². The third-order valence-corrected chi connectivity index (χ3v) is 3.86. The second-order valence-corrected chi connectivity index (χ2v) is 5.48. The van der Waals surface area contributed by atoms with E-state index in [0.717, 1.165) is 23.9 Å². The number of benzene rings is 2. The number of fused-ring (bicyclic) bond motifs is 1. The molecule has 0 N–H and O–H groups in total. The second kappa shape index (κ2) is 5.87. The summed E-state index contributed by atoms with van der Waals surface area (Å²) >= 11 is 6.59. The van der Waals surface area contributed by atoms with Crippen LogP contribution in [0.2, 0.25) is 5.02 Å². The minimum Gasteiger partial charge on any atom is -0.448 e. The Morgan fingerprint density at radius 1 is 1.17 bits per heavy atom. The van der Waals surface area contributed by atoms with E-state index in [-0.39, 0.29) is 22.0 Å². The first kappa shape index (κ1) is 16.4. The molecule has 0 fully saturated rings. The van der Waals surface area contributed by atoms with Gasteiger partial charge in [0.05, 0.1) is 27.2 Å². The van der Waals surface area contributed by atoms with Crippen molar-refractivity contribution in [3.8, 4) is 11.5 Å². The third kappa shape index (κ3) is 2.97. The summed E-state index contributed by atoms with van der Waals surface area (Å²) in [4.78, 5) is 10.6. The zero-order valence-electron chi connectivity index (χ0n) is 11.4. The van der Waals surface area contributed by atoms with E-state index in [4.69, 9.17) is 16.3 Å². The monoisotopic (exact) mass is 375 g/mol. The smallest absolute Gasteiger partial charge is 0.416 e. The van der Waals surface area contributed by atoms with E-state index in [9.17, 15) is 23.3 Å². The maximum Gasteiger partial charge on any atom is 0.416 e. The van der Waals surface area contributed by atoms with Gasteiger partial charge in [-0.15, -0.1) is 0 Å². The lowest BCUT2D eigenvalue weighted by Gasteiger charge is -2.11. The SMILES string of the molecule is O=[N+]([O-])c1c(Oc2ccc(C(F)(F)F)cc2Cl)ccc2nsnc12. The number of halogens is 4. The molecule has 0 radical (unpaired) electrons. The number of aromatic nitrogens is 2. The van der Waals surface area contributed by atoms with Gasteiger partial charge in [0.2, 0.25) is 5.75 Å².